The van der Waals surface area contributed by atoms with Gasteiger partial charge >= 0.3 is 0 Å². The summed E-state index contributed by atoms with van der Waals surface area (Å²) in [6.07, 6.45) is -0.0108. The summed E-state index contributed by atoms with van der Waals surface area (Å²) in [5, 5.41) is 2.88. The summed E-state index contributed by atoms with van der Waals surface area (Å²) in [7, 11) is 1.60. The molecule has 6 nitrogen and oxygen atoms in total. The van der Waals surface area contributed by atoms with Crippen molar-refractivity contribution in [1.82, 2.24) is 4.90 Å². The quantitative estimate of drug-likeness (QED) is 0.835. The van der Waals surface area contributed by atoms with Crippen LogP contribution >= 0.6 is 0 Å². The van der Waals surface area contributed by atoms with Crippen molar-refractivity contribution in [3.05, 3.63) is 24.3 Å². The Kier molecular flexibility index (Phi) is 5.55. The van der Waals surface area contributed by atoms with Crippen molar-refractivity contribution in [2.45, 2.75) is 19.1 Å². The maximum absolute atomic E-state index is 12.1. The highest BCUT2D eigenvalue weighted by Gasteiger charge is 2.24. The van der Waals surface area contributed by atoms with E-state index >= 15 is 0 Å². The van der Waals surface area contributed by atoms with E-state index in [1.807, 2.05) is 25.1 Å². The van der Waals surface area contributed by atoms with Crippen molar-refractivity contribution in [3.8, 4) is 5.75 Å². The molecule has 1 aromatic carbocycles. The Morgan fingerprint density at radius 3 is 3.14 bits per heavy atom. The zero-order chi connectivity index (χ0) is 15.2. The highest BCUT2D eigenvalue weighted by molar-refractivity contribution is 5.92. The third kappa shape index (κ3) is 4.70. The summed E-state index contributed by atoms with van der Waals surface area (Å²) < 4.78 is 10.7. The number of hydrogen-bond acceptors (Lipinski definition) is 5. The molecule has 1 amide bonds. The SMILES string of the molecule is COc1cccc(NC(=O)CN2CCOC(C(C)N)C2)c1. The van der Waals surface area contributed by atoms with Crippen molar-refractivity contribution >= 4 is 11.6 Å². The lowest BCUT2D eigenvalue weighted by atomic mass is 10.1. The van der Waals surface area contributed by atoms with Crippen LogP contribution in [0.1, 0.15) is 6.92 Å². The number of rotatable bonds is 5. The first kappa shape index (κ1) is 15.8. The van der Waals surface area contributed by atoms with Crippen LogP contribution in [0.3, 0.4) is 0 Å². The lowest BCUT2D eigenvalue weighted by molar-refractivity contribution is -0.119. The number of anilines is 1. The van der Waals surface area contributed by atoms with Gasteiger partial charge in [-0.15, -0.1) is 0 Å². The smallest absolute Gasteiger partial charge is 0.238 e. The average molecular weight is 293 g/mol. The minimum absolute atomic E-state index is 0.0108. The summed E-state index contributed by atoms with van der Waals surface area (Å²) in [4.78, 5) is 14.2. The van der Waals surface area contributed by atoms with Crippen LogP contribution in [-0.2, 0) is 9.53 Å². The van der Waals surface area contributed by atoms with Gasteiger partial charge in [0.1, 0.15) is 5.75 Å². The average Bonchev–Trinajstić information content (AvgIpc) is 2.47. The van der Waals surface area contributed by atoms with Crippen molar-refractivity contribution in [2.24, 2.45) is 5.73 Å². The molecule has 3 N–H and O–H groups in total. The maximum Gasteiger partial charge on any atom is 0.238 e. The molecule has 0 spiro atoms. The summed E-state index contributed by atoms with van der Waals surface area (Å²) >= 11 is 0. The fraction of sp³-hybridized carbons (Fsp3) is 0.533. The molecule has 0 aromatic heterocycles. The minimum atomic E-state index is -0.0476. The van der Waals surface area contributed by atoms with Crippen LogP contribution in [0, 0.1) is 0 Å². The lowest BCUT2D eigenvalue weighted by Crippen LogP contribution is -2.51. The topological polar surface area (TPSA) is 76.8 Å². The van der Waals surface area contributed by atoms with E-state index in [2.05, 4.69) is 10.2 Å². The van der Waals surface area contributed by atoms with E-state index in [9.17, 15) is 4.79 Å². The molecule has 1 heterocycles. The van der Waals surface area contributed by atoms with Crippen LogP contribution < -0.4 is 15.8 Å². The largest absolute Gasteiger partial charge is 0.497 e. The van der Waals surface area contributed by atoms with E-state index in [4.69, 9.17) is 15.2 Å². The number of carbonyl (C=O) groups excluding carboxylic acids is 1. The third-order valence-corrected chi connectivity index (χ3v) is 3.48. The number of morpholine rings is 1. The second kappa shape index (κ2) is 7.40. The number of ether oxygens (including phenoxy) is 2. The van der Waals surface area contributed by atoms with Crippen LogP contribution in [-0.4, -0.2) is 56.3 Å². The molecule has 116 valence electrons. The molecule has 0 radical (unpaired) electrons. The van der Waals surface area contributed by atoms with Crippen molar-refractivity contribution in [2.75, 3.05) is 38.7 Å². The van der Waals surface area contributed by atoms with Gasteiger partial charge in [-0.25, -0.2) is 0 Å². The van der Waals surface area contributed by atoms with E-state index in [-0.39, 0.29) is 18.1 Å². The Hall–Kier alpha value is -1.63. The van der Waals surface area contributed by atoms with E-state index < -0.39 is 0 Å². The summed E-state index contributed by atoms with van der Waals surface area (Å²) in [5.41, 5.74) is 6.58. The van der Waals surface area contributed by atoms with Gasteiger partial charge in [0.15, 0.2) is 0 Å². The normalized spacial score (nSPS) is 20.8. The van der Waals surface area contributed by atoms with Gasteiger partial charge in [0.25, 0.3) is 0 Å². The predicted octanol–water partition coefficient (Wildman–Crippen LogP) is 0.682. The fourth-order valence-corrected chi connectivity index (χ4v) is 2.30. The zero-order valence-corrected chi connectivity index (χ0v) is 12.5. The fourth-order valence-electron chi connectivity index (χ4n) is 2.30. The van der Waals surface area contributed by atoms with Gasteiger partial charge in [0.2, 0.25) is 5.91 Å². The number of methoxy groups -OCH3 is 1. The Balaban J connectivity index is 1.86. The monoisotopic (exact) mass is 293 g/mol. The van der Waals surface area contributed by atoms with Gasteiger partial charge in [-0.3, -0.25) is 9.69 Å². The molecule has 1 aliphatic rings. The first-order chi connectivity index (χ1) is 10.1. The number of hydrogen-bond donors (Lipinski definition) is 2. The van der Waals surface area contributed by atoms with Crippen LogP contribution in [0.5, 0.6) is 5.75 Å². The van der Waals surface area contributed by atoms with Gasteiger partial charge in [0.05, 0.1) is 26.4 Å². The molecular weight excluding hydrogens is 270 g/mol. The van der Waals surface area contributed by atoms with Crippen molar-refractivity contribution < 1.29 is 14.3 Å². The molecule has 1 aromatic rings. The van der Waals surface area contributed by atoms with Crippen molar-refractivity contribution in [1.29, 1.82) is 0 Å². The van der Waals surface area contributed by atoms with Crippen molar-refractivity contribution in [3.63, 3.8) is 0 Å². The first-order valence-electron chi connectivity index (χ1n) is 7.12. The highest BCUT2D eigenvalue weighted by atomic mass is 16.5. The number of carbonyl (C=O) groups is 1. The third-order valence-electron chi connectivity index (χ3n) is 3.48. The van der Waals surface area contributed by atoms with Gasteiger partial charge in [-0.2, -0.15) is 0 Å². The van der Waals surface area contributed by atoms with Gasteiger partial charge in [-0.1, -0.05) is 6.07 Å². The van der Waals surface area contributed by atoms with E-state index in [0.29, 0.717) is 19.7 Å². The number of nitrogens with two attached hydrogens (primary N) is 1. The summed E-state index contributed by atoms with van der Waals surface area (Å²) in [5.74, 6) is 0.671. The number of benzene rings is 1. The second-order valence-corrected chi connectivity index (χ2v) is 5.28. The Morgan fingerprint density at radius 2 is 2.43 bits per heavy atom. The van der Waals surface area contributed by atoms with Gasteiger partial charge < -0.3 is 20.5 Å². The standard InChI is InChI=1S/C15H23N3O3/c1-11(16)14-9-18(6-7-21-14)10-15(19)17-12-4-3-5-13(8-12)20-2/h3-5,8,11,14H,6-7,9-10,16H2,1-2H3,(H,17,19). The van der Waals surface area contributed by atoms with Crippen LogP contribution in [0.4, 0.5) is 5.69 Å². The number of nitrogens with zero attached hydrogens (tertiary/aromatic N) is 1. The molecule has 2 atom stereocenters. The van der Waals surface area contributed by atoms with Gasteiger partial charge in [0, 0.05) is 30.9 Å². The lowest BCUT2D eigenvalue weighted by Gasteiger charge is -2.34. The predicted molar refractivity (Wildman–Crippen MR) is 81.5 cm³/mol. The summed E-state index contributed by atoms with van der Waals surface area (Å²) in [6, 6.07) is 7.28. The Bertz CT molecular complexity index is 479. The van der Waals surface area contributed by atoms with Crippen LogP contribution in [0.15, 0.2) is 24.3 Å². The van der Waals surface area contributed by atoms with E-state index in [1.54, 1.807) is 13.2 Å². The van der Waals surface area contributed by atoms with E-state index in [0.717, 1.165) is 18.0 Å². The first-order valence-corrected chi connectivity index (χ1v) is 7.12. The number of nitrogens with one attached hydrogen (secondary N) is 1. The Morgan fingerprint density at radius 1 is 1.62 bits per heavy atom. The van der Waals surface area contributed by atoms with Crippen LogP contribution in [0.25, 0.3) is 0 Å². The maximum atomic E-state index is 12.1. The molecule has 2 unspecified atom stereocenters. The molecule has 1 aliphatic heterocycles. The molecule has 1 saturated heterocycles. The van der Waals surface area contributed by atoms with Gasteiger partial charge in [-0.05, 0) is 19.1 Å². The molecule has 0 saturated carbocycles. The van der Waals surface area contributed by atoms with E-state index in [1.165, 1.54) is 0 Å². The molecule has 1 fully saturated rings. The molecular formula is C15H23N3O3. The minimum Gasteiger partial charge on any atom is -0.497 e. The Labute approximate surface area is 125 Å². The molecule has 21 heavy (non-hydrogen) atoms. The number of amides is 1. The molecule has 6 heteroatoms. The second-order valence-electron chi connectivity index (χ2n) is 5.28. The molecule has 2 rings (SSSR count). The molecule has 0 bridgehead atoms. The molecule has 0 aliphatic carbocycles. The zero-order valence-electron chi connectivity index (χ0n) is 12.5. The highest BCUT2D eigenvalue weighted by Crippen LogP contribution is 2.16. The van der Waals surface area contributed by atoms with Crippen LogP contribution in [0.2, 0.25) is 0 Å². The summed E-state index contributed by atoms with van der Waals surface area (Å²) in [6.45, 7) is 4.30.